The zero-order valence-electron chi connectivity index (χ0n) is 7.16. The maximum atomic E-state index is 5.37. The van der Waals surface area contributed by atoms with Crippen molar-refractivity contribution < 1.29 is 4.74 Å². The van der Waals surface area contributed by atoms with E-state index in [9.17, 15) is 0 Å². The van der Waals surface area contributed by atoms with Gasteiger partial charge in [-0.2, -0.15) is 0 Å². The van der Waals surface area contributed by atoms with Crippen LogP contribution in [0.25, 0.3) is 0 Å². The van der Waals surface area contributed by atoms with Crippen LogP contribution < -0.4 is 10.5 Å². The normalized spacial score (nSPS) is 9.83. The number of aromatic nitrogens is 2. The van der Waals surface area contributed by atoms with Crippen molar-refractivity contribution >= 4 is 0 Å². The van der Waals surface area contributed by atoms with Crippen LogP contribution in [0.3, 0.4) is 0 Å². The molecule has 0 saturated carbocycles. The Morgan fingerprint density at radius 1 is 1.58 bits per heavy atom. The fourth-order valence-electron chi connectivity index (χ4n) is 0.785. The fraction of sp³-hybridized carbons (Fsp3) is 0.500. The van der Waals surface area contributed by atoms with E-state index in [0.29, 0.717) is 13.2 Å². The number of aryl methyl sites for hydroxylation is 1. The van der Waals surface area contributed by atoms with Crippen molar-refractivity contribution in [3.05, 3.63) is 18.2 Å². The van der Waals surface area contributed by atoms with Crippen molar-refractivity contribution in [2.75, 3.05) is 13.2 Å². The van der Waals surface area contributed by atoms with Crippen LogP contribution >= 0.6 is 0 Å². The van der Waals surface area contributed by atoms with E-state index in [1.165, 1.54) is 6.33 Å². The zero-order chi connectivity index (χ0) is 8.81. The Bertz CT molecular complexity index is 239. The van der Waals surface area contributed by atoms with Crippen LogP contribution in [0.4, 0.5) is 0 Å². The molecule has 66 valence electrons. The van der Waals surface area contributed by atoms with E-state index in [2.05, 4.69) is 9.97 Å². The van der Waals surface area contributed by atoms with Crippen LogP contribution in [0.5, 0.6) is 5.75 Å². The Labute approximate surface area is 71.8 Å². The van der Waals surface area contributed by atoms with Crippen molar-refractivity contribution in [3.8, 4) is 5.75 Å². The van der Waals surface area contributed by atoms with Gasteiger partial charge in [-0.15, -0.1) is 0 Å². The summed E-state index contributed by atoms with van der Waals surface area (Å²) in [7, 11) is 0. The molecular weight excluding hydrogens is 154 g/mol. The van der Waals surface area contributed by atoms with Crippen molar-refractivity contribution in [2.24, 2.45) is 5.73 Å². The van der Waals surface area contributed by atoms with E-state index in [1.54, 1.807) is 6.20 Å². The van der Waals surface area contributed by atoms with Crippen LogP contribution in [0, 0.1) is 6.92 Å². The minimum absolute atomic E-state index is 0.630. The second kappa shape index (κ2) is 4.66. The van der Waals surface area contributed by atoms with Gasteiger partial charge in [-0.25, -0.2) is 9.97 Å². The molecule has 0 bridgehead atoms. The molecule has 0 aliphatic carbocycles. The highest BCUT2D eigenvalue weighted by Crippen LogP contribution is 2.11. The molecule has 0 fully saturated rings. The lowest BCUT2D eigenvalue weighted by Gasteiger charge is -2.05. The molecule has 0 amide bonds. The predicted octanol–water partition coefficient (Wildman–Crippen LogP) is 0.513. The van der Waals surface area contributed by atoms with Crippen LogP contribution in [0.2, 0.25) is 0 Å². The lowest BCUT2D eigenvalue weighted by molar-refractivity contribution is 0.308. The smallest absolute Gasteiger partial charge is 0.158 e. The Balaban J connectivity index is 2.46. The molecule has 0 aliphatic rings. The highest BCUT2D eigenvalue weighted by Gasteiger charge is 1.97. The van der Waals surface area contributed by atoms with E-state index < -0.39 is 0 Å². The molecule has 0 saturated heterocycles. The largest absolute Gasteiger partial charge is 0.490 e. The SMILES string of the molecule is Cc1ncncc1OCCCN. The highest BCUT2D eigenvalue weighted by atomic mass is 16.5. The maximum Gasteiger partial charge on any atom is 0.158 e. The molecule has 1 aromatic heterocycles. The summed E-state index contributed by atoms with van der Waals surface area (Å²) >= 11 is 0. The summed E-state index contributed by atoms with van der Waals surface area (Å²) in [6.45, 7) is 3.16. The third kappa shape index (κ3) is 2.47. The van der Waals surface area contributed by atoms with Crippen LogP contribution in [-0.2, 0) is 0 Å². The van der Waals surface area contributed by atoms with Crippen LogP contribution in [-0.4, -0.2) is 23.1 Å². The standard InChI is InChI=1S/C8H13N3O/c1-7-8(5-10-6-11-7)12-4-2-3-9/h5-6H,2-4,9H2,1H3. The molecule has 0 aliphatic heterocycles. The van der Waals surface area contributed by atoms with E-state index in [-0.39, 0.29) is 0 Å². The second-order valence-corrected chi connectivity index (χ2v) is 2.46. The Morgan fingerprint density at radius 3 is 3.08 bits per heavy atom. The van der Waals surface area contributed by atoms with Gasteiger partial charge in [0.15, 0.2) is 5.75 Å². The first-order valence-corrected chi connectivity index (χ1v) is 3.94. The van der Waals surface area contributed by atoms with E-state index in [4.69, 9.17) is 10.5 Å². The topological polar surface area (TPSA) is 61.0 Å². The molecule has 0 atom stereocenters. The first-order chi connectivity index (χ1) is 5.84. The van der Waals surface area contributed by atoms with Gasteiger partial charge in [-0.1, -0.05) is 0 Å². The Morgan fingerprint density at radius 2 is 2.42 bits per heavy atom. The van der Waals surface area contributed by atoms with Gasteiger partial charge in [0.25, 0.3) is 0 Å². The molecule has 4 heteroatoms. The van der Waals surface area contributed by atoms with E-state index >= 15 is 0 Å². The minimum atomic E-state index is 0.630. The molecule has 0 aromatic carbocycles. The number of ether oxygens (including phenoxy) is 1. The van der Waals surface area contributed by atoms with Crippen LogP contribution in [0.1, 0.15) is 12.1 Å². The number of hydrogen-bond donors (Lipinski definition) is 1. The summed E-state index contributed by atoms with van der Waals surface area (Å²) in [6, 6.07) is 0. The average Bonchev–Trinajstić information content (AvgIpc) is 2.09. The second-order valence-electron chi connectivity index (χ2n) is 2.46. The summed E-state index contributed by atoms with van der Waals surface area (Å²) in [5.41, 5.74) is 6.18. The monoisotopic (exact) mass is 167 g/mol. The number of nitrogens with two attached hydrogens (primary N) is 1. The minimum Gasteiger partial charge on any atom is -0.490 e. The molecule has 1 aromatic rings. The van der Waals surface area contributed by atoms with Gasteiger partial charge < -0.3 is 10.5 Å². The Kier molecular flexibility index (Phi) is 3.47. The van der Waals surface area contributed by atoms with Crippen molar-refractivity contribution in [1.29, 1.82) is 0 Å². The van der Waals surface area contributed by atoms with E-state index in [0.717, 1.165) is 17.9 Å². The van der Waals surface area contributed by atoms with Crippen molar-refractivity contribution in [1.82, 2.24) is 9.97 Å². The fourth-order valence-corrected chi connectivity index (χ4v) is 0.785. The summed E-state index contributed by atoms with van der Waals surface area (Å²) in [5.74, 6) is 0.742. The van der Waals surface area contributed by atoms with Gasteiger partial charge in [0.2, 0.25) is 0 Å². The molecule has 1 heterocycles. The van der Waals surface area contributed by atoms with E-state index in [1.807, 2.05) is 6.92 Å². The van der Waals surface area contributed by atoms with Gasteiger partial charge in [-0.3, -0.25) is 0 Å². The third-order valence-corrected chi connectivity index (χ3v) is 1.47. The summed E-state index contributed by atoms with van der Waals surface area (Å²) < 4.78 is 5.37. The molecule has 12 heavy (non-hydrogen) atoms. The molecule has 2 N–H and O–H groups in total. The zero-order valence-corrected chi connectivity index (χ0v) is 7.16. The summed E-state index contributed by atoms with van der Waals surface area (Å²) in [4.78, 5) is 7.85. The first-order valence-electron chi connectivity index (χ1n) is 3.94. The lowest BCUT2D eigenvalue weighted by atomic mass is 10.4. The van der Waals surface area contributed by atoms with Crippen molar-refractivity contribution in [3.63, 3.8) is 0 Å². The number of rotatable bonds is 4. The lowest BCUT2D eigenvalue weighted by Crippen LogP contribution is -2.07. The molecule has 4 nitrogen and oxygen atoms in total. The number of nitrogens with zero attached hydrogens (tertiary/aromatic N) is 2. The summed E-state index contributed by atoms with van der Waals surface area (Å²) in [5, 5.41) is 0. The highest BCUT2D eigenvalue weighted by molar-refractivity contribution is 5.21. The summed E-state index contributed by atoms with van der Waals surface area (Å²) in [6.07, 6.45) is 4.03. The Hall–Kier alpha value is -1.16. The number of hydrogen-bond acceptors (Lipinski definition) is 4. The van der Waals surface area contributed by atoms with Gasteiger partial charge in [0.1, 0.15) is 6.33 Å². The van der Waals surface area contributed by atoms with Gasteiger partial charge in [-0.05, 0) is 19.9 Å². The molecule has 1 rings (SSSR count). The maximum absolute atomic E-state index is 5.37. The van der Waals surface area contributed by atoms with Gasteiger partial charge >= 0.3 is 0 Å². The van der Waals surface area contributed by atoms with Crippen molar-refractivity contribution in [2.45, 2.75) is 13.3 Å². The molecule has 0 spiro atoms. The van der Waals surface area contributed by atoms with Crippen LogP contribution in [0.15, 0.2) is 12.5 Å². The quantitative estimate of drug-likeness (QED) is 0.664. The molecular formula is C8H13N3O. The third-order valence-electron chi connectivity index (χ3n) is 1.47. The predicted molar refractivity (Wildman–Crippen MR) is 45.9 cm³/mol. The van der Waals surface area contributed by atoms with Gasteiger partial charge in [0, 0.05) is 0 Å². The average molecular weight is 167 g/mol. The first kappa shape index (κ1) is 8.93. The molecule has 0 unspecified atom stereocenters. The molecule has 0 radical (unpaired) electrons. The van der Waals surface area contributed by atoms with Gasteiger partial charge in [0.05, 0.1) is 18.5 Å².